The summed E-state index contributed by atoms with van der Waals surface area (Å²) >= 11 is 12.9. The maximum absolute atomic E-state index is 13.3. The van der Waals surface area contributed by atoms with E-state index in [0.717, 1.165) is 64.6 Å². The van der Waals surface area contributed by atoms with E-state index >= 15 is 0 Å². The van der Waals surface area contributed by atoms with Gasteiger partial charge in [-0.15, -0.1) is 0 Å². The summed E-state index contributed by atoms with van der Waals surface area (Å²) < 4.78 is 5.43. The van der Waals surface area contributed by atoms with Gasteiger partial charge in [-0.2, -0.15) is 0 Å². The van der Waals surface area contributed by atoms with Crippen molar-refractivity contribution in [1.29, 1.82) is 0 Å². The molecule has 0 unspecified atom stereocenters. The smallest absolute Gasteiger partial charge is 0.270 e. The van der Waals surface area contributed by atoms with Crippen LogP contribution in [0.4, 0.5) is 0 Å². The van der Waals surface area contributed by atoms with Crippen LogP contribution in [0.15, 0.2) is 42.5 Å². The van der Waals surface area contributed by atoms with Crippen molar-refractivity contribution in [3.63, 3.8) is 0 Å². The molecule has 0 radical (unpaired) electrons. The summed E-state index contributed by atoms with van der Waals surface area (Å²) in [7, 11) is 0. The third-order valence-corrected chi connectivity index (χ3v) is 7.36. The molecule has 5 nitrogen and oxygen atoms in total. The summed E-state index contributed by atoms with van der Waals surface area (Å²) in [4.78, 5) is 21.1. The highest BCUT2D eigenvalue weighted by Gasteiger charge is 2.28. The first-order valence-electron chi connectivity index (χ1n) is 11.2. The summed E-state index contributed by atoms with van der Waals surface area (Å²) in [6.07, 6.45) is 2.00. The number of carbonyl (C=O) groups is 1. The number of hydrogen-bond donors (Lipinski definition) is 1. The van der Waals surface area contributed by atoms with Crippen LogP contribution in [0.25, 0.3) is 10.9 Å². The number of nitrogens with zero attached hydrogens (tertiary/aromatic N) is 2. The fraction of sp³-hybridized carbons (Fsp3) is 0.400. The number of fused-ring (bicyclic) bond motifs is 1. The molecular formula is C25H27Cl2N3O2. The zero-order valence-corrected chi connectivity index (χ0v) is 19.5. The number of likely N-dealkylation sites (tertiary alicyclic amines) is 1. The topological polar surface area (TPSA) is 48.6 Å². The second kappa shape index (κ2) is 9.44. The fourth-order valence-electron chi connectivity index (χ4n) is 4.98. The summed E-state index contributed by atoms with van der Waals surface area (Å²) in [5, 5.41) is 2.64. The van der Waals surface area contributed by atoms with E-state index in [9.17, 15) is 4.79 Å². The maximum Gasteiger partial charge on any atom is 0.270 e. The third-order valence-electron chi connectivity index (χ3n) is 6.70. The van der Waals surface area contributed by atoms with Gasteiger partial charge >= 0.3 is 0 Å². The predicted molar refractivity (Wildman–Crippen MR) is 129 cm³/mol. The first-order chi connectivity index (χ1) is 15.6. The van der Waals surface area contributed by atoms with Gasteiger partial charge in [0, 0.05) is 46.1 Å². The average molecular weight is 472 g/mol. The number of rotatable bonds is 4. The molecule has 7 heteroatoms. The van der Waals surface area contributed by atoms with Crippen LogP contribution in [-0.2, 0) is 11.3 Å². The maximum atomic E-state index is 13.3. The first-order valence-corrected chi connectivity index (χ1v) is 12.0. The van der Waals surface area contributed by atoms with Crippen LogP contribution in [0.5, 0.6) is 0 Å². The molecule has 5 rings (SSSR count). The van der Waals surface area contributed by atoms with Crippen molar-refractivity contribution in [2.75, 3.05) is 39.4 Å². The van der Waals surface area contributed by atoms with E-state index < -0.39 is 0 Å². The van der Waals surface area contributed by atoms with Gasteiger partial charge in [-0.25, -0.2) is 0 Å². The minimum Gasteiger partial charge on any atom is -0.378 e. The number of morpholine rings is 1. The number of benzene rings is 2. The molecule has 0 bridgehead atoms. The Balaban J connectivity index is 1.36. The third kappa shape index (κ3) is 4.27. The molecule has 0 saturated carbocycles. The Bertz CT molecular complexity index is 1100. The number of ether oxygens (including phenoxy) is 1. The quantitative estimate of drug-likeness (QED) is 0.559. The van der Waals surface area contributed by atoms with Crippen LogP contribution in [0, 0.1) is 0 Å². The van der Waals surface area contributed by atoms with E-state index in [2.05, 4.69) is 16.0 Å². The SMILES string of the molecule is O=C(c1[nH]c2ccccc2c1CN1CCC(c2c(Cl)cccc2Cl)CC1)N1CCOCC1. The second-order valence-corrected chi connectivity index (χ2v) is 9.43. The van der Waals surface area contributed by atoms with Gasteiger partial charge in [0.15, 0.2) is 0 Å². The minimum absolute atomic E-state index is 0.0669. The molecule has 2 saturated heterocycles. The Hall–Kier alpha value is -2.05. The molecule has 3 aromatic rings. The molecule has 0 atom stereocenters. The number of para-hydroxylation sites is 1. The summed E-state index contributed by atoms with van der Waals surface area (Å²) in [6, 6.07) is 13.9. The van der Waals surface area contributed by atoms with Gasteiger partial charge in [0.25, 0.3) is 5.91 Å². The van der Waals surface area contributed by atoms with Crippen LogP contribution in [-0.4, -0.2) is 60.1 Å². The van der Waals surface area contributed by atoms with Crippen molar-refractivity contribution in [3.05, 3.63) is 69.3 Å². The molecule has 2 fully saturated rings. The highest BCUT2D eigenvalue weighted by atomic mass is 35.5. The van der Waals surface area contributed by atoms with Gasteiger partial charge in [0.05, 0.1) is 13.2 Å². The minimum atomic E-state index is 0.0669. The molecule has 0 spiro atoms. The lowest BCUT2D eigenvalue weighted by Gasteiger charge is -2.33. The molecule has 1 amide bonds. The molecule has 2 aliphatic heterocycles. The lowest BCUT2D eigenvalue weighted by molar-refractivity contribution is 0.0298. The number of amides is 1. The van der Waals surface area contributed by atoms with E-state index in [1.807, 2.05) is 41.3 Å². The zero-order chi connectivity index (χ0) is 22.1. The van der Waals surface area contributed by atoms with Gasteiger partial charge in [-0.05, 0) is 55.6 Å². The number of carbonyl (C=O) groups excluding carboxylic acids is 1. The van der Waals surface area contributed by atoms with E-state index in [-0.39, 0.29) is 5.91 Å². The van der Waals surface area contributed by atoms with Crippen molar-refractivity contribution in [2.45, 2.75) is 25.3 Å². The molecule has 32 heavy (non-hydrogen) atoms. The number of hydrogen-bond acceptors (Lipinski definition) is 3. The Morgan fingerprint density at radius 1 is 0.969 bits per heavy atom. The number of H-pyrrole nitrogens is 1. The van der Waals surface area contributed by atoms with Gasteiger partial charge in [0.2, 0.25) is 0 Å². The number of nitrogens with one attached hydrogen (secondary N) is 1. The van der Waals surface area contributed by atoms with Gasteiger partial charge in [-0.3, -0.25) is 9.69 Å². The number of aromatic amines is 1. The molecule has 2 aliphatic rings. The lowest BCUT2D eigenvalue weighted by Crippen LogP contribution is -2.41. The van der Waals surface area contributed by atoms with Crippen LogP contribution < -0.4 is 0 Å². The van der Waals surface area contributed by atoms with Crippen LogP contribution >= 0.6 is 23.2 Å². The number of halogens is 2. The largest absolute Gasteiger partial charge is 0.378 e. The van der Waals surface area contributed by atoms with Crippen molar-refractivity contribution in [3.8, 4) is 0 Å². The van der Waals surface area contributed by atoms with Gasteiger partial charge in [-0.1, -0.05) is 47.5 Å². The molecule has 0 aliphatic carbocycles. The standard InChI is InChI=1S/C25H27Cl2N3O2/c26-20-5-3-6-21(27)23(20)17-8-10-29(11-9-17)16-19-18-4-1-2-7-22(18)28-24(19)25(31)30-12-14-32-15-13-30/h1-7,17,28H,8-16H2. The van der Waals surface area contributed by atoms with Crippen molar-refractivity contribution < 1.29 is 9.53 Å². The van der Waals surface area contributed by atoms with Crippen LogP contribution in [0.3, 0.4) is 0 Å². The molecule has 3 heterocycles. The molecular weight excluding hydrogens is 445 g/mol. The van der Waals surface area contributed by atoms with Gasteiger partial charge in [0.1, 0.15) is 5.69 Å². The Kier molecular flexibility index (Phi) is 6.42. The Labute approximate surface area is 198 Å². The Morgan fingerprint density at radius 3 is 2.38 bits per heavy atom. The van der Waals surface area contributed by atoms with Crippen molar-refractivity contribution >= 4 is 40.0 Å². The normalized spacial score (nSPS) is 18.4. The van der Waals surface area contributed by atoms with Gasteiger partial charge < -0.3 is 14.6 Å². The predicted octanol–water partition coefficient (Wildman–Crippen LogP) is 5.33. The Morgan fingerprint density at radius 2 is 1.66 bits per heavy atom. The highest BCUT2D eigenvalue weighted by Crippen LogP contribution is 2.38. The molecule has 168 valence electrons. The molecule has 1 N–H and O–H groups in total. The van der Waals surface area contributed by atoms with E-state index in [1.54, 1.807) is 0 Å². The first kappa shape index (κ1) is 21.8. The fourth-order valence-corrected chi connectivity index (χ4v) is 5.68. The zero-order valence-electron chi connectivity index (χ0n) is 17.9. The highest BCUT2D eigenvalue weighted by molar-refractivity contribution is 6.36. The van der Waals surface area contributed by atoms with E-state index in [0.29, 0.717) is 37.9 Å². The van der Waals surface area contributed by atoms with E-state index in [1.165, 1.54) is 0 Å². The second-order valence-electron chi connectivity index (χ2n) is 8.61. The average Bonchev–Trinajstić information content (AvgIpc) is 3.18. The molecule has 2 aromatic carbocycles. The van der Waals surface area contributed by atoms with E-state index in [4.69, 9.17) is 27.9 Å². The summed E-state index contributed by atoms with van der Waals surface area (Å²) in [5.74, 6) is 0.433. The summed E-state index contributed by atoms with van der Waals surface area (Å²) in [6.45, 7) is 5.10. The lowest BCUT2D eigenvalue weighted by atomic mass is 9.89. The monoisotopic (exact) mass is 471 g/mol. The van der Waals surface area contributed by atoms with Crippen LogP contribution in [0.2, 0.25) is 10.0 Å². The number of piperidine rings is 1. The van der Waals surface area contributed by atoms with Crippen LogP contribution in [0.1, 0.15) is 40.4 Å². The molecule has 1 aromatic heterocycles. The number of aromatic nitrogens is 1. The summed E-state index contributed by atoms with van der Waals surface area (Å²) in [5.41, 5.74) is 3.89. The van der Waals surface area contributed by atoms with Crippen molar-refractivity contribution in [2.24, 2.45) is 0 Å². The van der Waals surface area contributed by atoms with Crippen molar-refractivity contribution in [1.82, 2.24) is 14.8 Å².